The molecule has 0 aliphatic carbocycles. The van der Waals surface area contributed by atoms with Crippen LogP contribution in [-0.2, 0) is 0 Å². The average Bonchev–Trinajstić information content (AvgIpc) is 2.14. The second kappa shape index (κ2) is 4.80. The van der Waals surface area contributed by atoms with Gasteiger partial charge in [-0.1, -0.05) is 23.2 Å². The average molecular weight is 264 g/mol. The summed E-state index contributed by atoms with van der Waals surface area (Å²) >= 11 is 11.9. The minimum atomic E-state index is -1.08. The number of halogens is 2. The van der Waals surface area contributed by atoms with Crippen LogP contribution in [-0.4, -0.2) is 17.8 Å². The second-order valence-electron chi connectivity index (χ2n) is 4.14. The van der Waals surface area contributed by atoms with E-state index in [0.29, 0.717) is 21.4 Å². The predicted octanol–water partition coefficient (Wildman–Crippen LogP) is 2.77. The number of nitrogens with two attached hydrogens (primary N) is 1. The number of methoxy groups -OCH3 is 1. The molecule has 3 N–H and O–H groups in total. The topological polar surface area (TPSA) is 55.5 Å². The van der Waals surface area contributed by atoms with Crippen LogP contribution in [0.15, 0.2) is 12.1 Å². The van der Waals surface area contributed by atoms with Crippen LogP contribution in [0.3, 0.4) is 0 Å². The van der Waals surface area contributed by atoms with Gasteiger partial charge in [0.05, 0.1) is 23.8 Å². The van der Waals surface area contributed by atoms with Crippen LogP contribution in [0.4, 0.5) is 0 Å². The molecule has 16 heavy (non-hydrogen) atoms. The smallest absolute Gasteiger partial charge is 0.142 e. The molecule has 1 aromatic rings. The Bertz CT molecular complexity index is 388. The Morgan fingerprint density at radius 2 is 1.94 bits per heavy atom. The molecule has 0 saturated heterocycles. The van der Waals surface area contributed by atoms with Crippen molar-refractivity contribution in [2.24, 2.45) is 5.73 Å². The van der Waals surface area contributed by atoms with E-state index in [-0.39, 0.29) is 0 Å². The van der Waals surface area contributed by atoms with Gasteiger partial charge in [-0.2, -0.15) is 0 Å². The maximum absolute atomic E-state index is 9.87. The van der Waals surface area contributed by atoms with Crippen molar-refractivity contribution in [3.8, 4) is 5.75 Å². The Kier molecular flexibility index (Phi) is 4.07. The van der Waals surface area contributed by atoms with Gasteiger partial charge in [0.2, 0.25) is 0 Å². The molecule has 3 nitrogen and oxygen atoms in total. The van der Waals surface area contributed by atoms with E-state index in [4.69, 9.17) is 33.7 Å². The SMILES string of the molecule is COc1c(Cl)cc(Cl)cc1C(N)C(C)(C)O. The molecular formula is C11H15Cl2NO2. The van der Waals surface area contributed by atoms with Gasteiger partial charge in [-0.15, -0.1) is 0 Å². The number of hydrogen-bond acceptors (Lipinski definition) is 3. The molecule has 0 fully saturated rings. The lowest BCUT2D eigenvalue weighted by atomic mass is 9.92. The molecular weight excluding hydrogens is 249 g/mol. The molecule has 0 amide bonds. The van der Waals surface area contributed by atoms with Crippen LogP contribution in [0.25, 0.3) is 0 Å². The Morgan fingerprint density at radius 3 is 2.38 bits per heavy atom. The summed E-state index contributed by atoms with van der Waals surface area (Å²) in [6.45, 7) is 3.23. The van der Waals surface area contributed by atoms with Crippen molar-refractivity contribution in [3.63, 3.8) is 0 Å². The molecule has 0 aliphatic rings. The van der Waals surface area contributed by atoms with Crippen LogP contribution in [0, 0.1) is 0 Å². The first-order valence-corrected chi connectivity index (χ1v) is 5.54. The van der Waals surface area contributed by atoms with Crippen molar-refractivity contribution in [1.29, 1.82) is 0 Å². The van der Waals surface area contributed by atoms with Crippen LogP contribution < -0.4 is 10.5 Å². The fraction of sp³-hybridized carbons (Fsp3) is 0.455. The number of ether oxygens (including phenoxy) is 1. The Hall–Kier alpha value is -0.480. The Labute approximate surface area is 105 Å². The molecule has 1 unspecified atom stereocenters. The number of benzene rings is 1. The molecule has 0 saturated carbocycles. The van der Waals surface area contributed by atoms with Crippen molar-refractivity contribution < 1.29 is 9.84 Å². The zero-order chi connectivity index (χ0) is 12.5. The highest BCUT2D eigenvalue weighted by atomic mass is 35.5. The summed E-state index contributed by atoms with van der Waals surface area (Å²) in [5, 5.41) is 10.7. The number of aliphatic hydroxyl groups is 1. The van der Waals surface area contributed by atoms with Crippen LogP contribution in [0.5, 0.6) is 5.75 Å². The standard InChI is InChI=1S/C11H15Cl2NO2/c1-11(2,15)10(14)7-4-6(12)5-8(13)9(7)16-3/h4-5,10,15H,14H2,1-3H3. The molecule has 0 bridgehead atoms. The van der Waals surface area contributed by atoms with E-state index < -0.39 is 11.6 Å². The molecule has 0 aliphatic heterocycles. The summed E-state index contributed by atoms with van der Waals surface area (Å²) < 4.78 is 5.17. The summed E-state index contributed by atoms with van der Waals surface area (Å²) in [4.78, 5) is 0. The molecule has 1 rings (SSSR count). The number of rotatable bonds is 3. The third-order valence-electron chi connectivity index (χ3n) is 2.34. The molecule has 0 heterocycles. The van der Waals surface area contributed by atoms with Gasteiger partial charge in [0, 0.05) is 10.6 Å². The lowest BCUT2D eigenvalue weighted by Crippen LogP contribution is -2.35. The van der Waals surface area contributed by atoms with Gasteiger partial charge in [0.25, 0.3) is 0 Å². The predicted molar refractivity (Wildman–Crippen MR) is 66.2 cm³/mol. The maximum Gasteiger partial charge on any atom is 0.142 e. The second-order valence-corrected chi connectivity index (χ2v) is 4.99. The highest BCUT2D eigenvalue weighted by molar-refractivity contribution is 6.35. The molecule has 90 valence electrons. The lowest BCUT2D eigenvalue weighted by Gasteiger charge is -2.27. The molecule has 0 radical (unpaired) electrons. The van der Waals surface area contributed by atoms with E-state index in [0.717, 1.165) is 0 Å². The van der Waals surface area contributed by atoms with Gasteiger partial charge in [0.1, 0.15) is 5.75 Å². The van der Waals surface area contributed by atoms with E-state index in [9.17, 15) is 5.11 Å². The highest BCUT2D eigenvalue weighted by Gasteiger charge is 2.28. The van der Waals surface area contributed by atoms with Gasteiger partial charge in [0.15, 0.2) is 0 Å². The van der Waals surface area contributed by atoms with Gasteiger partial charge in [-0.3, -0.25) is 0 Å². The van der Waals surface area contributed by atoms with Gasteiger partial charge < -0.3 is 15.6 Å². The molecule has 5 heteroatoms. The Morgan fingerprint density at radius 1 is 1.38 bits per heavy atom. The summed E-state index contributed by atoms with van der Waals surface area (Å²) in [6.07, 6.45) is 0. The third kappa shape index (κ3) is 2.80. The summed E-state index contributed by atoms with van der Waals surface area (Å²) in [5.41, 5.74) is 5.45. The van der Waals surface area contributed by atoms with Crippen LogP contribution in [0.1, 0.15) is 25.5 Å². The summed E-state index contributed by atoms with van der Waals surface area (Å²) in [5.74, 6) is 0.445. The van der Waals surface area contributed by atoms with Gasteiger partial charge in [-0.25, -0.2) is 0 Å². The largest absolute Gasteiger partial charge is 0.495 e. The van der Waals surface area contributed by atoms with E-state index in [1.54, 1.807) is 26.0 Å². The Balaban J connectivity index is 3.31. The molecule has 0 aromatic heterocycles. The highest BCUT2D eigenvalue weighted by Crippen LogP contribution is 2.38. The first-order chi connectivity index (χ1) is 7.27. The number of hydrogen-bond donors (Lipinski definition) is 2. The quantitative estimate of drug-likeness (QED) is 0.882. The van der Waals surface area contributed by atoms with E-state index >= 15 is 0 Å². The first-order valence-electron chi connectivity index (χ1n) is 4.78. The van der Waals surface area contributed by atoms with Crippen molar-refractivity contribution in [2.45, 2.75) is 25.5 Å². The van der Waals surface area contributed by atoms with Gasteiger partial charge in [-0.05, 0) is 26.0 Å². The van der Waals surface area contributed by atoms with Gasteiger partial charge >= 0.3 is 0 Å². The van der Waals surface area contributed by atoms with Crippen molar-refractivity contribution in [2.75, 3.05) is 7.11 Å². The van der Waals surface area contributed by atoms with E-state index in [2.05, 4.69) is 0 Å². The van der Waals surface area contributed by atoms with Crippen molar-refractivity contribution >= 4 is 23.2 Å². The minimum absolute atomic E-state index is 0.379. The zero-order valence-corrected chi connectivity index (χ0v) is 10.9. The van der Waals surface area contributed by atoms with E-state index in [1.165, 1.54) is 7.11 Å². The zero-order valence-electron chi connectivity index (χ0n) is 9.42. The maximum atomic E-state index is 9.87. The van der Waals surface area contributed by atoms with Crippen molar-refractivity contribution in [3.05, 3.63) is 27.7 Å². The van der Waals surface area contributed by atoms with E-state index in [1.807, 2.05) is 0 Å². The molecule has 1 atom stereocenters. The third-order valence-corrected chi connectivity index (χ3v) is 2.84. The van der Waals surface area contributed by atoms with Crippen LogP contribution in [0.2, 0.25) is 10.0 Å². The summed E-state index contributed by atoms with van der Waals surface area (Å²) in [6, 6.07) is 2.59. The fourth-order valence-corrected chi connectivity index (χ4v) is 1.99. The minimum Gasteiger partial charge on any atom is -0.495 e. The fourth-order valence-electron chi connectivity index (χ4n) is 1.41. The first kappa shape index (κ1) is 13.6. The normalized spacial score (nSPS) is 13.7. The lowest BCUT2D eigenvalue weighted by molar-refractivity contribution is 0.0509. The monoisotopic (exact) mass is 263 g/mol. The van der Waals surface area contributed by atoms with Crippen LogP contribution >= 0.6 is 23.2 Å². The van der Waals surface area contributed by atoms with Crippen molar-refractivity contribution in [1.82, 2.24) is 0 Å². The summed E-state index contributed by atoms with van der Waals surface area (Å²) in [7, 11) is 1.50. The molecule has 0 spiro atoms. The molecule has 1 aromatic carbocycles.